The van der Waals surface area contributed by atoms with Crippen molar-refractivity contribution in [3.63, 3.8) is 0 Å². The first-order chi connectivity index (χ1) is 8.54. The number of hydrazine groups is 1. The van der Waals surface area contributed by atoms with Gasteiger partial charge in [0.25, 0.3) is 11.8 Å². The molecule has 1 rings (SSSR count). The van der Waals surface area contributed by atoms with Gasteiger partial charge in [0.15, 0.2) is 0 Å². The molecule has 0 aliphatic carbocycles. The fraction of sp³-hybridized carbons (Fsp3) is 0.231. The van der Waals surface area contributed by atoms with Crippen molar-refractivity contribution >= 4 is 11.8 Å². The molecule has 18 heavy (non-hydrogen) atoms. The van der Waals surface area contributed by atoms with Crippen molar-refractivity contribution in [3.8, 4) is 0 Å². The molecule has 96 valence electrons. The molecule has 0 aliphatic rings. The zero-order valence-corrected chi connectivity index (χ0v) is 10.6. The number of carbonyl (C=O) groups excluding carboxylic acids is 2. The molecule has 0 radical (unpaired) electrons. The summed E-state index contributed by atoms with van der Waals surface area (Å²) >= 11 is 0. The van der Waals surface area contributed by atoms with Gasteiger partial charge in [0.05, 0.1) is 5.56 Å². The van der Waals surface area contributed by atoms with E-state index in [1.807, 2.05) is 6.92 Å². The van der Waals surface area contributed by atoms with E-state index in [9.17, 15) is 9.59 Å². The van der Waals surface area contributed by atoms with Gasteiger partial charge in [-0.2, -0.15) is 0 Å². The van der Waals surface area contributed by atoms with Gasteiger partial charge in [0.1, 0.15) is 11.5 Å². The second-order valence-corrected chi connectivity index (χ2v) is 3.66. The molecule has 1 heterocycles. The Balaban J connectivity index is 2.51. The van der Waals surface area contributed by atoms with Crippen LogP contribution in [-0.2, 0) is 4.79 Å². The van der Waals surface area contributed by atoms with E-state index in [-0.39, 0.29) is 0 Å². The lowest BCUT2D eigenvalue weighted by Gasteiger charge is -2.03. The van der Waals surface area contributed by atoms with Gasteiger partial charge in [-0.3, -0.25) is 20.4 Å². The van der Waals surface area contributed by atoms with E-state index < -0.39 is 11.8 Å². The maximum atomic E-state index is 11.7. The van der Waals surface area contributed by atoms with Crippen LogP contribution in [0.2, 0.25) is 0 Å². The van der Waals surface area contributed by atoms with Crippen molar-refractivity contribution in [2.75, 3.05) is 0 Å². The van der Waals surface area contributed by atoms with Crippen molar-refractivity contribution in [1.29, 1.82) is 0 Å². The molecule has 0 saturated carbocycles. The smallest absolute Gasteiger partial charge is 0.273 e. The third kappa shape index (κ3) is 3.93. The van der Waals surface area contributed by atoms with Gasteiger partial charge in [-0.1, -0.05) is 18.2 Å². The number of amides is 2. The lowest BCUT2D eigenvalue weighted by atomic mass is 10.2. The van der Waals surface area contributed by atoms with Crippen molar-refractivity contribution in [1.82, 2.24) is 10.9 Å². The summed E-state index contributed by atoms with van der Waals surface area (Å²) in [7, 11) is 0. The molecule has 0 bridgehead atoms. The first-order valence-electron chi connectivity index (χ1n) is 5.51. The van der Waals surface area contributed by atoms with Crippen LogP contribution in [0.4, 0.5) is 0 Å². The molecule has 0 atom stereocenters. The average molecular weight is 248 g/mol. The summed E-state index contributed by atoms with van der Waals surface area (Å²) in [6.45, 7) is 5.28. The normalized spacial score (nSPS) is 11.1. The second kappa shape index (κ2) is 6.44. The van der Waals surface area contributed by atoms with Crippen LogP contribution in [0.25, 0.3) is 0 Å². The Morgan fingerprint density at radius 1 is 1.22 bits per heavy atom. The molecule has 5 heteroatoms. The number of rotatable bonds is 3. The fourth-order valence-corrected chi connectivity index (χ4v) is 1.34. The second-order valence-electron chi connectivity index (χ2n) is 3.66. The summed E-state index contributed by atoms with van der Waals surface area (Å²) in [6, 6.07) is 1.62. The minimum Gasteiger partial charge on any atom is -0.466 e. The summed E-state index contributed by atoms with van der Waals surface area (Å²) in [5.41, 5.74) is 4.99. The maximum absolute atomic E-state index is 11.7. The van der Waals surface area contributed by atoms with Crippen molar-refractivity contribution in [2.45, 2.75) is 20.8 Å². The van der Waals surface area contributed by atoms with Crippen molar-refractivity contribution < 1.29 is 14.0 Å². The first-order valence-corrected chi connectivity index (χ1v) is 5.51. The van der Waals surface area contributed by atoms with E-state index in [1.165, 1.54) is 6.08 Å². The predicted octanol–water partition coefficient (Wildman–Crippen LogP) is 1.79. The first kappa shape index (κ1) is 13.8. The number of furan rings is 1. The summed E-state index contributed by atoms with van der Waals surface area (Å²) in [5, 5.41) is 0. The van der Waals surface area contributed by atoms with Gasteiger partial charge in [-0.05, 0) is 26.8 Å². The number of hydrogen-bond donors (Lipinski definition) is 2. The molecule has 0 aliphatic heterocycles. The van der Waals surface area contributed by atoms with Gasteiger partial charge in [0, 0.05) is 6.08 Å². The molecule has 0 fully saturated rings. The number of carbonyl (C=O) groups is 2. The number of allylic oxidation sites excluding steroid dienone is 3. The van der Waals surface area contributed by atoms with Crippen LogP contribution in [0.5, 0.6) is 0 Å². The van der Waals surface area contributed by atoms with Gasteiger partial charge >= 0.3 is 0 Å². The highest BCUT2D eigenvalue weighted by atomic mass is 16.3. The maximum Gasteiger partial charge on any atom is 0.273 e. The Bertz CT molecular complexity index is 498. The monoisotopic (exact) mass is 248 g/mol. The average Bonchev–Trinajstić information content (AvgIpc) is 2.66. The zero-order valence-electron chi connectivity index (χ0n) is 10.6. The van der Waals surface area contributed by atoms with Crippen LogP contribution in [-0.4, -0.2) is 11.8 Å². The molecule has 0 spiro atoms. The Labute approximate surface area is 106 Å². The molecule has 0 saturated heterocycles. The highest BCUT2D eigenvalue weighted by Gasteiger charge is 2.13. The van der Waals surface area contributed by atoms with Crippen LogP contribution >= 0.6 is 0 Å². The van der Waals surface area contributed by atoms with E-state index in [0.717, 1.165) is 0 Å². The predicted molar refractivity (Wildman–Crippen MR) is 67.7 cm³/mol. The minimum atomic E-state index is -0.405. The number of hydrogen-bond acceptors (Lipinski definition) is 3. The Kier molecular flexibility index (Phi) is 4.92. The van der Waals surface area contributed by atoms with Gasteiger partial charge < -0.3 is 4.42 Å². The van der Waals surface area contributed by atoms with Crippen LogP contribution in [0.3, 0.4) is 0 Å². The molecule has 1 aromatic rings. The quantitative estimate of drug-likeness (QED) is 0.486. The molecular weight excluding hydrogens is 232 g/mol. The standard InChI is InChI=1S/C13H16N2O3/c1-4-5-6-7-12(16)14-15-13(17)11-8-9(2)18-10(11)3/h4-8H,1-3H3,(H,14,16)(H,15,17). The van der Waals surface area contributed by atoms with E-state index in [4.69, 9.17) is 4.42 Å². The van der Waals surface area contributed by atoms with Crippen LogP contribution in [0, 0.1) is 13.8 Å². The lowest BCUT2D eigenvalue weighted by Crippen LogP contribution is -2.40. The SMILES string of the molecule is CC=CC=CC(=O)NNC(=O)c1cc(C)oc1C. The van der Waals surface area contributed by atoms with Crippen LogP contribution in [0.15, 0.2) is 34.8 Å². The Hall–Kier alpha value is -2.30. The van der Waals surface area contributed by atoms with Crippen LogP contribution in [0.1, 0.15) is 28.8 Å². The van der Waals surface area contributed by atoms with E-state index in [0.29, 0.717) is 17.1 Å². The zero-order chi connectivity index (χ0) is 13.5. The van der Waals surface area contributed by atoms with Gasteiger partial charge in [-0.25, -0.2) is 0 Å². The summed E-state index contributed by atoms with van der Waals surface area (Å²) in [4.78, 5) is 23.0. The highest BCUT2D eigenvalue weighted by Crippen LogP contribution is 2.12. The molecule has 2 amide bonds. The lowest BCUT2D eigenvalue weighted by molar-refractivity contribution is -0.117. The minimum absolute atomic E-state index is 0.403. The summed E-state index contributed by atoms with van der Waals surface area (Å²) < 4.78 is 5.23. The van der Waals surface area contributed by atoms with E-state index in [2.05, 4.69) is 10.9 Å². The molecule has 2 N–H and O–H groups in total. The van der Waals surface area contributed by atoms with E-state index >= 15 is 0 Å². The molecule has 0 unspecified atom stereocenters. The third-order valence-electron chi connectivity index (χ3n) is 2.14. The highest BCUT2D eigenvalue weighted by molar-refractivity contribution is 5.97. The summed E-state index contributed by atoms with van der Waals surface area (Å²) in [6.07, 6.45) is 6.40. The number of aryl methyl sites for hydroxylation is 2. The molecule has 1 aromatic heterocycles. The van der Waals surface area contributed by atoms with E-state index in [1.54, 1.807) is 38.1 Å². The Morgan fingerprint density at radius 3 is 2.50 bits per heavy atom. The molecule has 0 aromatic carbocycles. The third-order valence-corrected chi connectivity index (χ3v) is 2.14. The van der Waals surface area contributed by atoms with Crippen LogP contribution < -0.4 is 10.9 Å². The van der Waals surface area contributed by atoms with Crippen molar-refractivity contribution in [2.24, 2.45) is 0 Å². The fourth-order valence-electron chi connectivity index (χ4n) is 1.34. The molecular formula is C13H16N2O3. The van der Waals surface area contributed by atoms with Crippen molar-refractivity contribution in [3.05, 3.63) is 47.5 Å². The van der Waals surface area contributed by atoms with Gasteiger partial charge in [-0.15, -0.1) is 0 Å². The Morgan fingerprint density at radius 2 is 1.94 bits per heavy atom. The summed E-state index contributed by atoms with van der Waals surface area (Å²) in [5.74, 6) is 0.358. The van der Waals surface area contributed by atoms with Gasteiger partial charge in [0.2, 0.25) is 0 Å². The largest absolute Gasteiger partial charge is 0.466 e. The molecule has 5 nitrogen and oxygen atoms in total. The topological polar surface area (TPSA) is 71.3 Å². The number of nitrogens with one attached hydrogen (secondary N) is 2.